The lowest BCUT2D eigenvalue weighted by Gasteiger charge is -2.11. The summed E-state index contributed by atoms with van der Waals surface area (Å²) in [7, 11) is 0. The van der Waals surface area contributed by atoms with Gasteiger partial charge in [0.25, 0.3) is 0 Å². The first-order valence-electron chi connectivity index (χ1n) is 8.56. The van der Waals surface area contributed by atoms with Crippen LogP contribution in [0, 0.1) is 0 Å². The second-order valence-corrected chi connectivity index (χ2v) is 6.25. The Kier molecular flexibility index (Phi) is 3.47. The molecule has 5 aromatic rings. The lowest BCUT2D eigenvalue weighted by atomic mass is 10.0. The highest BCUT2D eigenvalue weighted by atomic mass is 16.1. The molecule has 0 saturated carbocycles. The predicted molar refractivity (Wildman–Crippen MR) is 105 cm³/mol. The van der Waals surface area contributed by atoms with E-state index in [1.54, 1.807) is 6.33 Å². The zero-order valence-corrected chi connectivity index (χ0v) is 14.2. The monoisotopic (exact) mass is 353 g/mol. The molecule has 0 amide bonds. The molecule has 3 aromatic carbocycles. The summed E-state index contributed by atoms with van der Waals surface area (Å²) in [6.45, 7) is 0. The Morgan fingerprint density at radius 2 is 1.78 bits per heavy atom. The lowest BCUT2D eigenvalue weighted by Crippen LogP contribution is -2.06. The SMILES string of the molecule is O=C(c1ccccc1Nc1ccc2nc[nH]c2c1)c1n[nH]c2ccccc12. The van der Waals surface area contributed by atoms with Crippen LogP contribution in [-0.2, 0) is 0 Å². The molecule has 0 aliphatic carbocycles. The van der Waals surface area contributed by atoms with Crippen LogP contribution in [0.1, 0.15) is 16.1 Å². The number of H-pyrrole nitrogens is 2. The van der Waals surface area contributed by atoms with Gasteiger partial charge in [-0.1, -0.05) is 30.3 Å². The molecule has 0 aliphatic rings. The molecule has 0 unspecified atom stereocenters. The highest BCUT2D eigenvalue weighted by Crippen LogP contribution is 2.26. The first-order chi connectivity index (χ1) is 13.3. The van der Waals surface area contributed by atoms with Crippen LogP contribution in [0.2, 0.25) is 0 Å². The number of rotatable bonds is 4. The number of benzene rings is 3. The summed E-state index contributed by atoms with van der Waals surface area (Å²) < 4.78 is 0. The molecule has 0 aliphatic heterocycles. The van der Waals surface area contributed by atoms with Crippen molar-refractivity contribution in [2.45, 2.75) is 0 Å². The maximum absolute atomic E-state index is 13.2. The third kappa shape index (κ3) is 2.64. The van der Waals surface area contributed by atoms with E-state index in [9.17, 15) is 4.79 Å². The van der Waals surface area contributed by atoms with E-state index in [2.05, 4.69) is 25.5 Å². The number of nitrogens with one attached hydrogen (secondary N) is 3. The van der Waals surface area contributed by atoms with Crippen LogP contribution in [0.5, 0.6) is 0 Å². The summed E-state index contributed by atoms with van der Waals surface area (Å²) in [6, 6.07) is 20.9. The van der Waals surface area contributed by atoms with Crippen molar-refractivity contribution in [1.82, 2.24) is 20.2 Å². The van der Waals surface area contributed by atoms with Gasteiger partial charge in [0, 0.05) is 22.3 Å². The van der Waals surface area contributed by atoms with E-state index in [4.69, 9.17) is 0 Å². The maximum atomic E-state index is 13.2. The molecule has 27 heavy (non-hydrogen) atoms. The van der Waals surface area contributed by atoms with Gasteiger partial charge in [-0.3, -0.25) is 9.89 Å². The number of para-hydroxylation sites is 2. The molecular formula is C21H15N5O. The number of fused-ring (bicyclic) bond motifs is 2. The molecular weight excluding hydrogens is 338 g/mol. The molecule has 0 atom stereocenters. The van der Waals surface area contributed by atoms with Crippen molar-refractivity contribution in [2.24, 2.45) is 0 Å². The van der Waals surface area contributed by atoms with Crippen molar-refractivity contribution < 1.29 is 4.79 Å². The van der Waals surface area contributed by atoms with Crippen molar-refractivity contribution in [2.75, 3.05) is 5.32 Å². The lowest BCUT2D eigenvalue weighted by molar-refractivity contribution is 0.103. The fourth-order valence-corrected chi connectivity index (χ4v) is 3.22. The fourth-order valence-electron chi connectivity index (χ4n) is 3.22. The molecule has 2 heterocycles. The topological polar surface area (TPSA) is 86.5 Å². The molecule has 0 bridgehead atoms. The van der Waals surface area contributed by atoms with E-state index in [0.717, 1.165) is 33.3 Å². The number of ketones is 1. The number of anilines is 2. The zero-order valence-electron chi connectivity index (χ0n) is 14.2. The number of carbonyl (C=O) groups is 1. The maximum Gasteiger partial charge on any atom is 0.215 e. The number of nitrogens with zero attached hydrogens (tertiary/aromatic N) is 2. The molecule has 0 spiro atoms. The first kappa shape index (κ1) is 15.3. The highest BCUT2D eigenvalue weighted by molar-refractivity contribution is 6.17. The zero-order chi connectivity index (χ0) is 18.2. The van der Waals surface area contributed by atoms with Crippen LogP contribution < -0.4 is 5.32 Å². The number of hydrogen-bond donors (Lipinski definition) is 3. The van der Waals surface area contributed by atoms with Gasteiger partial charge in [0.2, 0.25) is 5.78 Å². The van der Waals surface area contributed by atoms with Gasteiger partial charge < -0.3 is 10.3 Å². The summed E-state index contributed by atoms with van der Waals surface area (Å²) in [5, 5.41) is 11.3. The van der Waals surface area contributed by atoms with E-state index < -0.39 is 0 Å². The van der Waals surface area contributed by atoms with Crippen molar-refractivity contribution >= 4 is 39.1 Å². The van der Waals surface area contributed by atoms with E-state index in [1.807, 2.05) is 66.7 Å². The summed E-state index contributed by atoms with van der Waals surface area (Å²) in [6.07, 6.45) is 1.66. The second kappa shape index (κ2) is 6.10. The number of aromatic nitrogens is 4. The molecule has 0 saturated heterocycles. The summed E-state index contributed by atoms with van der Waals surface area (Å²) in [5.41, 5.74) is 5.27. The van der Waals surface area contributed by atoms with Gasteiger partial charge >= 0.3 is 0 Å². The van der Waals surface area contributed by atoms with Crippen LogP contribution in [0.15, 0.2) is 73.1 Å². The van der Waals surface area contributed by atoms with Gasteiger partial charge in [0.1, 0.15) is 5.69 Å². The van der Waals surface area contributed by atoms with Gasteiger partial charge in [-0.15, -0.1) is 0 Å². The first-order valence-corrected chi connectivity index (χ1v) is 8.56. The van der Waals surface area contributed by atoms with Crippen molar-refractivity contribution in [3.05, 3.63) is 84.3 Å². The minimum Gasteiger partial charge on any atom is -0.355 e. The standard InChI is InChI=1S/C21H15N5O/c27-21(20-14-5-1-4-8-17(14)25-26-20)15-6-2-3-7-16(15)24-13-9-10-18-19(11-13)23-12-22-18/h1-12,24H,(H,22,23)(H,25,26). The Labute approximate surface area is 154 Å². The summed E-state index contributed by atoms with van der Waals surface area (Å²) in [4.78, 5) is 20.5. The Morgan fingerprint density at radius 3 is 2.74 bits per heavy atom. The average molecular weight is 353 g/mol. The van der Waals surface area contributed by atoms with Crippen LogP contribution in [0.3, 0.4) is 0 Å². The minimum absolute atomic E-state index is 0.127. The number of carbonyl (C=O) groups excluding carboxylic acids is 1. The molecule has 5 rings (SSSR count). The Bertz CT molecular complexity index is 1280. The van der Waals surface area contributed by atoms with Crippen LogP contribution >= 0.6 is 0 Å². The molecule has 130 valence electrons. The van der Waals surface area contributed by atoms with Crippen molar-refractivity contribution in [1.29, 1.82) is 0 Å². The largest absolute Gasteiger partial charge is 0.355 e. The second-order valence-electron chi connectivity index (χ2n) is 6.25. The average Bonchev–Trinajstić information content (AvgIpc) is 3.34. The quantitative estimate of drug-likeness (QED) is 0.418. The van der Waals surface area contributed by atoms with Crippen LogP contribution in [0.4, 0.5) is 11.4 Å². The van der Waals surface area contributed by atoms with Gasteiger partial charge in [-0.2, -0.15) is 5.10 Å². The highest BCUT2D eigenvalue weighted by Gasteiger charge is 2.19. The smallest absolute Gasteiger partial charge is 0.215 e. The van der Waals surface area contributed by atoms with Crippen LogP contribution in [-0.4, -0.2) is 25.9 Å². The van der Waals surface area contributed by atoms with Crippen molar-refractivity contribution in [3.63, 3.8) is 0 Å². The Morgan fingerprint density at radius 1 is 0.926 bits per heavy atom. The third-order valence-electron chi connectivity index (χ3n) is 4.56. The molecule has 2 aromatic heterocycles. The molecule has 6 heteroatoms. The number of aromatic amines is 2. The molecule has 0 fully saturated rings. The van der Waals surface area contributed by atoms with E-state index in [0.29, 0.717) is 11.3 Å². The van der Waals surface area contributed by atoms with Crippen molar-refractivity contribution in [3.8, 4) is 0 Å². The predicted octanol–water partition coefficient (Wildman–Crippen LogP) is 4.41. The van der Waals surface area contributed by atoms with Gasteiger partial charge in [-0.25, -0.2) is 4.98 Å². The summed E-state index contributed by atoms with van der Waals surface area (Å²) >= 11 is 0. The Hall–Kier alpha value is -3.93. The molecule has 6 nitrogen and oxygen atoms in total. The van der Waals surface area contributed by atoms with Crippen LogP contribution in [0.25, 0.3) is 21.9 Å². The Balaban J connectivity index is 1.54. The number of imidazole rings is 1. The minimum atomic E-state index is -0.127. The molecule has 0 radical (unpaired) electrons. The van der Waals surface area contributed by atoms with E-state index in [1.165, 1.54) is 0 Å². The summed E-state index contributed by atoms with van der Waals surface area (Å²) in [5.74, 6) is -0.127. The fraction of sp³-hybridized carbons (Fsp3) is 0. The van der Waals surface area contributed by atoms with Gasteiger partial charge in [0.15, 0.2) is 0 Å². The van der Waals surface area contributed by atoms with Gasteiger partial charge in [-0.05, 0) is 36.4 Å². The number of hydrogen-bond acceptors (Lipinski definition) is 4. The van der Waals surface area contributed by atoms with E-state index >= 15 is 0 Å². The van der Waals surface area contributed by atoms with E-state index in [-0.39, 0.29) is 5.78 Å². The van der Waals surface area contributed by atoms with Gasteiger partial charge in [0.05, 0.1) is 22.9 Å². The third-order valence-corrected chi connectivity index (χ3v) is 4.56. The normalized spacial score (nSPS) is 11.1. The molecule has 3 N–H and O–H groups in total.